The van der Waals surface area contributed by atoms with Gasteiger partial charge in [0, 0.05) is 5.56 Å². The number of aryl methyl sites for hydroxylation is 1. The third-order valence-corrected chi connectivity index (χ3v) is 7.07. The van der Waals surface area contributed by atoms with Gasteiger partial charge in [0.05, 0.1) is 0 Å². The van der Waals surface area contributed by atoms with Crippen LogP contribution in [0.4, 0.5) is 8.78 Å². The maximum Gasteiger partial charge on any atom is 0.166 e. The molecule has 2 heteroatoms. The monoisotopic (exact) mass is 400 g/mol. The molecule has 1 aromatic rings. The first kappa shape index (κ1) is 22.2. The van der Waals surface area contributed by atoms with Crippen molar-refractivity contribution in [2.45, 2.75) is 90.9 Å². The smallest absolute Gasteiger partial charge is 0.166 e. The van der Waals surface area contributed by atoms with E-state index in [1.54, 1.807) is 12.1 Å². The highest BCUT2D eigenvalue weighted by molar-refractivity contribution is 5.75. The number of halogens is 2. The highest BCUT2D eigenvalue weighted by Gasteiger charge is 2.26. The topological polar surface area (TPSA) is 0 Å². The molecule has 2 aliphatic carbocycles. The summed E-state index contributed by atoms with van der Waals surface area (Å²) in [6, 6.07) is 3.58. The molecule has 1 fully saturated rings. The molecule has 0 bridgehead atoms. The molecule has 0 saturated heterocycles. The molecular weight excluding hydrogens is 362 g/mol. The van der Waals surface area contributed by atoms with E-state index in [1.807, 2.05) is 6.08 Å². The number of unbranched alkanes of at least 4 members (excludes halogenated alkanes) is 5. The fourth-order valence-corrected chi connectivity index (χ4v) is 5.00. The molecular formula is C27H38F2. The molecule has 1 aromatic carbocycles. The predicted octanol–water partition coefficient (Wildman–Crippen LogP) is 8.65. The Morgan fingerprint density at radius 1 is 0.897 bits per heavy atom. The van der Waals surface area contributed by atoms with Crippen LogP contribution in [0.5, 0.6) is 0 Å². The van der Waals surface area contributed by atoms with Crippen molar-refractivity contribution in [1.29, 1.82) is 0 Å². The van der Waals surface area contributed by atoms with E-state index in [0.29, 0.717) is 23.5 Å². The number of hydrogen-bond donors (Lipinski definition) is 0. The molecule has 0 nitrogen and oxygen atoms in total. The zero-order chi connectivity index (χ0) is 20.6. The Morgan fingerprint density at radius 2 is 1.62 bits per heavy atom. The van der Waals surface area contributed by atoms with Crippen LogP contribution in [0, 0.1) is 29.4 Å². The van der Waals surface area contributed by atoms with Gasteiger partial charge in [-0.1, -0.05) is 89.2 Å². The molecule has 0 amide bonds. The van der Waals surface area contributed by atoms with Crippen LogP contribution in [0.3, 0.4) is 0 Å². The maximum atomic E-state index is 14.8. The van der Waals surface area contributed by atoms with Gasteiger partial charge in [-0.25, -0.2) is 8.78 Å². The molecule has 0 N–H and O–H groups in total. The second kappa shape index (κ2) is 11.1. The first-order chi connectivity index (χ1) is 14.1. The van der Waals surface area contributed by atoms with Crippen molar-refractivity contribution in [1.82, 2.24) is 0 Å². The highest BCUT2D eigenvalue weighted by atomic mass is 19.2. The summed E-state index contributed by atoms with van der Waals surface area (Å²) in [5.41, 5.74) is 1.78. The Hall–Kier alpha value is -1.44. The van der Waals surface area contributed by atoms with Crippen molar-refractivity contribution in [2.24, 2.45) is 17.8 Å². The van der Waals surface area contributed by atoms with Crippen molar-refractivity contribution >= 4 is 5.57 Å². The summed E-state index contributed by atoms with van der Waals surface area (Å²) >= 11 is 0. The molecule has 1 atom stereocenters. The summed E-state index contributed by atoms with van der Waals surface area (Å²) in [7, 11) is 0. The largest absolute Gasteiger partial charge is 0.203 e. The molecule has 0 spiro atoms. The highest BCUT2D eigenvalue weighted by Crippen LogP contribution is 2.38. The molecule has 2 aliphatic rings. The molecule has 0 heterocycles. The van der Waals surface area contributed by atoms with Crippen LogP contribution in [0.1, 0.15) is 95.6 Å². The average molecular weight is 401 g/mol. The van der Waals surface area contributed by atoms with E-state index in [2.05, 4.69) is 26.0 Å². The first-order valence-electron chi connectivity index (χ1n) is 12.0. The maximum absolute atomic E-state index is 14.8. The van der Waals surface area contributed by atoms with Crippen LogP contribution in [0.2, 0.25) is 0 Å². The minimum absolute atomic E-state index is 0.418. The van der Waals surface area contributed by atoms with Gasteiger partial charge in [0.1, 0.15) is 0 Å². The molecule has 160 valence electrons. The SMILES string of the molecule is CCCCCCCCc1ccc(C2=CCC([C@H]3CC[C@H](C)CC3)C=C2)c(F)c1F. The number of allylic oxidation sites excluding steroid dienone is 4. The third kappa shape index (κ3) is 6.03. The quantitative estimate of drug-likeness (QED) is 0.364. The molecule has 1 unspecified atom stereocenters. The predicted molar refractivity (Wildman–Crippen MR) is 120 cm³/mol. The molecule has 0 aliphatic heterocycles. The summed E-state index contributed by atoms with van der Waals surface area (Å²) < 4.78 is 29.4. The van der Waals surface area contributed by atoms with Crippen molar-refractivity contribution in [3.05, 3.63) is 53.1 Å². The molecule has 0 radical (unpaired) electrons. The molecule has 3 rings (SSSR count). The van der Waals surface area contributed by atoms with Crippen molar-refractivity contribution in [2.75, 3.05) is 0 Å². The third-order valence-electron chi connectivity index (χ3n) is 7.07. The molecule has 0 aromatic heterocycles. The summed E-state index contributed by atoms with van der Waals surface area (Å²) in [4.78, 5) is 0. The van der Waals surface area contributed by atoms with E-state index < -0.39 is 11.6 Å². The molecule has 1 saturated carbocycles. The van der Waals surface area contributed by atoms with Gasteiger partial charge in [-0.3, -0.25) is 0 Å². The fraction of sp³-hybridized carbons (Fsp3) is 0.630. The Labute approximate surface area is 176 Å². The number of benzene rings is 1. The summed E-state index contributed by atoms with van der Waals surface area (Å²) in [6.07, 6.45) is 20.2. The van der Waals surface area contributed by atoms with E-state index in [1.165, 1.54) is 51.4 Å². The Bertz CT molecular complexity index is 707. The van der Waals surface area contributed by atoms with Crippen LogP contribution in [0.25, 0.3) is 5.57 Å². The van der Waals surface area contributed by atoms with Gasteiger partial charge in [0.25, 0.3) is 0 Å². The number of hydrogen-bond acceptors (Lipinski definition) is 0. The lowest BCUT2D eigenvalue weighted by Crippen LogP contribution is -2.20. The second-order valence-electron chi connectivity index (χ2n) is 9.36. The Morgan fingerprint density at radius 3 is 2.31 bits per heavy atom. The van der Waals surface area contributed by atoms with Crippen molar-refractivity contribution < 1.29 is 8.78 Å². The van der Waals surface area contributed by atoms with Crippen LogP contribution in [-0.4, -0.2) is 0 Å². The van der Waals surface area contributed by atoms with Gasteiger partial charge in [0.2, 0.25) is 0 Å². The fourth-order valence-electron chi connectivity index (χ4n) is 5.00. The van der Waals surface area contributed by atoms with Crippen LogP contribution < -0.4 is 0 Å². The van der Waals surface area contributed by atoms with E-state index >= 15 is 0 Å². The lowest BCUT2D eigenvalue weighted by Gasteiger charge is -2.32. The van der Waals surface area contributed by atoms with E-state index in [9.17, 15) is 8.78 Å². The van der Waals surface area contributed by atoms with E-state index in [0.717, 1.165) is 36.7 Å². The summed E-state index contributed by atoms with van der Waals surface area (Å²) in [5.74, 6) is 0.854. The zero-order valence-corrected chi connectivity index (χ0v) is 18.4. The first-order valence-corrected chi connectivity index (χ1v) is 12.0. The van der Waals surface area contributed by atoms with Crippen LogP contribution >= 0.6 is 0 Å². The van der Waals surface area contributed by atoms with Gasteiger partial charge in [0.15, 0.2) is 11.6 Å². The van der Waals surface area contributed by atoms with Gasteiger partial charge >= 0.3 is 0 Å². The van der Waals surface area contributed by atoms with Gasteiger partial charge in [-0.2, -0.15) is 0 Å². The minimum atomic E-state index is -0.672. The van der Waals surface area contributed by atoms with Gasteiger partial charge < -0.3 is 0 Å². The second-order valence-corrected chi connectivity index (χ2v) is 9.36. The average Bonchev–Trinajstić information content (AvgIpc) is 2.74. The summed E-state index contributed by atoms with van der Waals surface area (Å²) in [6.45, 7) is 4.55. The van der Waals surface area contributed by atoms with E-state index in [-0.39, 0.29) is 0 Å². The summed E-state index contributed by atoms with van der Waals surface area (Å²) in [5, 5.41) is 0. The minimum Gasteiger partial charge on any atom is -0.203 e. The van der Waals surface area contributed by atoms with Crippen LogP contribution in [-0.2, 0) is 6.42 Å². The van der Waals surface area contributed by atoms with E-state index in [4.69, 9.17) is 0 Å². The van der Waals surface area contributed by atoms with Crippen LogP contribution in [0.15, 0.2) is 30.4 Å². The lowest BCUT2D eigenvalue weighted by molar-refractivity contribution is 0.240. The molecule has 29 heavy (non-hydrogen) atoms. The lowest BCUT2D eigenvalue weighted by atomic mass is 9.73. The van der Waals surface area contributed by atoms with Crippen molar-refractivity contribution in [3.8, 4) is 0 Å². The van der Waals surface area contributed by atoms with Crippen molar-refractivity contribution in [3.63, 3.8) is 0 Å². The normalized spacial score (nSPS) is 24.6. The Kier molecular flexibility index (Phi) is 8.51. The Balaban J connectivity index is 1.56. The van der Waals surface area contributed by atoms with Gasteiger partial charge in [-0.05, 0) is 61.0 Å². The number of rotatable bonds is 9. The van der Waals surface area contributed by atoms with Gasteiger partial charge in [-0.15, -0.1) is 0 Å². The standard InChI is InChI=1S/C27H38F2/c1-3-4-5-6-7-8-9-24-18-19-25(27(29)26(24)28)23-16-14-22(15-17-23)21-12-10-20(2)11-13-21/h14,16-22H,3-13,15H2,1-2H3/t20-,21-,22?. The zero-order valence-electron chi connectivity index (χ0n) is 18.4.